The Morgan fingerprint density at radius 1 is 1.39 bits per heavy atom. The fourth-order valence-corrected chi connectivity index (χ4v) is 4.59. The maximum Gasteiger partial charge on any atom is 0.220 e. The van der Waals surface area contributed by atoms with Crippen molar-refractivity contribution in [2.75, 3.05) is 19.7 Å². The van der Waals surface area contributed by atoms with E-state index in [2.05, 4.69) is 41.1 Å². The van der Waals surface area contributed by atoms with Crippen LogP contribution in [-0.2, 0) is 16.1 Å². The zero-order valence-electron chi connectivity index (χ0n) is 17.2. The van der Waals surface area contributed by atoms with Gasteiger partial charge in [-0.2, -0.15) is 0 Å². The van der Waals surface area contributed by atoms with E-state index in [-0.39, 0.29) is 5.91 Å². The minimum absolute atomic E-state index is 0.0145. The summed E-state index contributed by atoms with van der Waals surface area (Å²) in [7, 11) is 0. The lowest BCUT2D eigenvalue weighted by Gasteiger charge is -2.53. The monoisotopic (exact) mass is 386 g/mol. The Bertz CT molecular complexity index is 697. The number of amides is 1. The molecule has 0 saturated carbocycles. The molecular formula is C23H34N2O3. The van der Waals surface area contributed by atoms with Crippen molar-refractivity contribution in [2.45, 2.75) is 69.7 Å². The molecule has 0 aromatic heterocycles. The van der Waals surface area contributed by atoms with Crippen molar-refractivity contribution in [3.63, 3.8) is 0 Å². The molecule has 5 nitrogen and oxygen atoms in total. The lowest BCUT2D eigenvalue weighted by atomic mass is 9.73. The third-order valence-corrected chi connectivity index (χ3v) is 6.31. The first-order valence-corrected chi connectivity index (χ1v) is 10.5. The number of likely N-dealkylation sites (tertiary alicyclic amines) is 1. The molecule has 1 spiro atoms. The van der Waals surface area contributed by atoms with E-state index in [0.29, 0.717) is 19.4 Å². The van der Waals surface area contributed by atoms with Crippen LogP contribution in [-0.4, -0.2) is 52.9 Å². The van der Waals surface area contributed by atoms with Gasteiger partial charge in [-0.05, 0) is 43.7 Å². The Balaban J connectivity index is 1.63. The molecule has 0 radical (unpaired) electrons. The van der Waals surface area contributed by atoms with Gasteiger partial charge in [-0.25, -0.2) is 0 Å². The highest BCUT2D eigenvalue weighted by atomic mass is 16.5. The van der Waals surface area contributed by atoms with E-state index in [1.807, 2.05) is 19.9 Å². The highest BCUT2D eigenvalue weighted by molar-refractivity contribution is 5.76. The topological polar surface area (TPSA) is 61.8 Å². The molecular weight excluding hydrogens is 352 g/mol. The lowest BCUT2D eigenvalue weighted by molar-refractivity contribution is -0.208. The minimum atomic E-state index is -0.694. The van der Waals surface area contributed by atoms with E-state index in [0.717, 1.165) is 44.5 Å². The van der Waals surface area contributed by atoms with Crippen LogP contribution in [0.25, 0.3) is 6.08 Å². The number of rotatable bonds is 6. The summed E-state index contributed by atoms with van der Waals surface area (Å²) in [5, 5.41) is 14.3. The van der Waals surface area contributed by atoms with Gasteiger partial charge in [-0.15, -0.1) is 0 Å². The fourth-order valence-electron chi connectivity index (χ4n) is 4.59. The zero-order valence-corrected chi connectivity index (χ0v) is 17.2. The first kappa shape index (κ1) is 21.0. The number of aliphatic hydroxyl groups is 1. The SMILES string of the molecule is C=Cc1cccc(CN2CCC3(CC2)OCC[C@@](C)(NC(=O)CCC)C3O)c1. The highest BCUT2D eigenvalue weighted by Gasteiger charge is 2.53. The van der Waals surface area contributed by atoms with E-state index in [4.69, 9.17) is 4.74 Å². The van der Waals surface area contributed by atoms with Crippen LogP contribution >= 0.6 is 0 Å². The minimum Gasteiger partial charge on any atom is -0.388 e. The molecule has 0 bridgehead atoms. The van der Waals surface area contributed by atoms with Crippen LogP contribution in [0.15, 0.2) is 30.8 Å². The zero-order chi connectivity index (χ0) is 20.2. The molecule has 2 aliphatic heterocycles. The number of hydrogen-bond donors (Lipinski definition) is 2. The molecule has 1 amide bonds. The van der Waals surface area contributed by atoms with Gasteiger partial charge in [0.2, 0.25) is 5.91 Å². The van der Waals surface area contributed by atoms with Crippen molar-refractivity contribution in [2.24, 2.45) is 0 Å². The maximum absolute atomic E-state index is 12.2. The summed E-state index contributed by atoms with van der Waals surface area (Å²) in [6.07, 6.45) is 4.66. The van der Waals surface area contributed by atoms with E-state index < -0.39 is 17.2 Å². The Kier molecular flexibility index (Phi) is 6.58. The Hall–Kier alpha value is -1.69. The van der Waals surface area contributed by atoms with Gasteiger partial charge < -0.3 is 15.2 Å². The summed E-state index contributed by atoms with van der Waals surface area (Å²) in [6.45, 7) is 11.0. The number of ether oxygens (including phenoxy) is 1. The second-order valence-electron chi connectivity index (χ2n) is 8.51. The molecule has 0 aliphatic carbocycles. The summed E-state index contributed by atoms with van der Waals surface area (Å²) >= 11 is 0. The van der Waals surface area contributed by atoms with Crippen LogP contribution < -0.4 is 5.32 Å². The quantitative estimate of drug-likeness (QED) is 0.789. The van der Waals surface area contributed by atoms with Gasteiger partial charge in [-0.1, -0.05) is 43.8 Å². The largest absolute Gasteiger partial charge is 0.388 e. The molecule has 2 aliphatic rings. The number of carbonyl (C=O) groups is 1. The Labute approximate surface area is 168 Å². The van der Waals surface area contributed by atoms with E-state index in [1.54, 1.807) is 0 Å². The molecule has 1 aromatic rings. The number of piperidine rings is 1. The molecule has 2 atom stereocenters. The lowest BCUT2D eigenvalue weighted by Crippen LogP contribution is -2.69. The second kappa shape index (κ2) is 8.76. The van der Waals surface area contributed by atoms with Crippen molar-refractivity contribution in [3.05, 3.63) is 42.0 Å². The summed E-state index contributed by atoms with van der Waals surface area (Å²) in [5.74, 6) is 0.0145. The first-order chi connectivity index (χ1) is 13.4. The highest BCUT2D eigenvalue weighted by Crippen LogP contribution is 2.40. The van der Waals surface area contributed by atoms with Crippen LogP contribution in [0.4, 0.5) is 0 Å². The van der Waals surface area contributed by atoms with Crippen molar-refractivity contribution in [1.29, 1.82) is 0 Å². The van der Waals surface area contributed by atoms with Gasteiger partial charge in [0, 0.05) is 32.7 Å². The van der Waals surface area contributed by atoms with Crippen LogP contribution in [0.3, 0.4) is 0 Å². The number of carbonyl (C=O) groups excluding carboxylic acids is 1. The van der Waals surface area contributed by atoms with Crippen LogP contribution in [0, 0.1) is 0 Å². The Morgan fingerprint density at radius 3 is 2.82 bits per heavy atom. The van der Waals surface area contributed by atoms with Gasteiger partial charge in [0.05, 0.1) is 11.1 Å². The number of benzene rings is 1. The third-order valence-electron chi connectivity index (χ3n) is 6.31. The number of nitrogens with zero attached hydrogens (tertiary/aromatic N) is 1. The molecule has 1 aromatic carbocycles. The van der Waals surface area contributed by atoms with E-state index in [9.17, 15) is 9.90 Å². The average Bonchev–Trinajstić information content (AvgIpc) is 2.68. The predicted octanol–water partition coefficient (Wildman–Crippen LogP) is 3.12. The molecule has 28 heavy (non-hydrogen) atoms. The van der Waals surface area contributed by atoms with Gasteiger partial charge in [-0.3, -0.25) is 9.69 Å². The Morgan fingerprint density at radius 2 is 2.14 bits per heavy atom. The standard InChI is InChI=1S/C23H34N2O3/c1-4-7-20(26)24-22(3)12-15-28-23(21(22)27)10-13-25(14-11-23)17-19-9-6-8-18(5-2)16-19/h5-6,8-9,16,21,27H,2,4,7,10-15,17H2,1,3H3,(H,24,26)/t21?,22-/m1/s1. The second-order valence-corrected chi connectivity index (χ2v) is 8.51. The molecule has 2 saturated heterocycles. The van der Waals surface area contributed by atoms with Crippen molar-refractivity contribution < 1.29 is 14.6 Å². The van der Waals surface area contributed by atoms with Gasteiger partial charge >= 0.3 is 0 Å². The summed E-state index contributed by atoms with van der Waals surface area (Å²) in [5.41, 5.74) is 1.22. The molecule has 5 heteroatoms. The molecule has 3 rings (SSSR count). The number of nitrogens with one attached hydrogen (secondary N) is 1. The molecule has 2 N–H and O–H groups in total. The fraction of sp³-hybridized carbons (Fsp3) is 0.609. The third kappa shape index (κ3) is 4.48. The van der Waals surface area contributed by atoms with E-state index in [1.165, 1.54) is 5.56 Å². The van der Waals surface area contributed by atoms with Gasteiger partial charge in [0.1, 0.15) is 6.10 Å². The van der Waals surface area contributed by atoms with Crippen molar-refractivity contribution in [1.82, 2.24) is 10.2 Å². The normalized spacial score (nSPS) is 27.5. The summed E-state index contributed by atoms with van der Waals surface area (Å²) < 4.78 is 6.15. The molecule has 1 unspecified atom stereocenters. The summed E-state index contributed by atoms with van der Waals surface area (Å²) in [4.78, 5) is 14.6. The maximum atomic E-state index is 12.2. The van der Waals surface area contributed by atoms with Gasteiger partial charge in [0.15, 0.2) is 0 Å². The summed E-state index contributed by atoms with van der Waals surface area (Å²) in [6, 6.07) is 8.44. The van der Waals surface area contributed by atoms with E-state index >= 15 is 0 Å². The van der Waals surface area contributed by atoms with Gasteiger partial charge in [0.25, 0.3) is 0 Å². The number of aliphatic hydroxyl groups excluding tert-OH is 1. The van der Waals surface area contributed by atoms with Crippen LogP contribution in [0.5, 0.6) is 0 Å². The van der Waals surface area contributed by atoms with Crippen molar-refractivity contribution >= 4 is 12.0 Å². The molecule has 2 fully saturated rings. The van der Waals surface area contributed by atoms with Crippen LogP contribution in [0.2, 0.25) is 0 Å². The molecule has 2 heterocycles. The first-order valence-electron chi connectivity index (χ1n) is 10.5. The smallest absolute Gasteiger partial charge is 0.220 e. The van der Waals surface area contributed by atoms with Crippen molar-refractivity contribution in [3.8, 4) is 0 Å². The average molecular weight is 387 g/mol. The number of hydrogen-bond acceptors (Lipinski definition) is 4. The predicted molar refractivity (Wildman–Crippen MR) is 112 cm³/mol. The molecule has 154 valence electrons. The van der Waals surface area contributed by atoms with Crippen LogP contribution in [0.1, 0.15) is 57.1 Å².